The van der Waals surface area contributed by atoms with Crippen molar-refractivity contribution in [1.29, 1.82) is 0 Å². The van der Waals surface area contributed by atoms with E-state index in [0.29, 0.717) is 24.5 Å². The van der Waals surface area contributed by atoms with Crippen LogP contribution in [0.1, 0.15) is 18.5 Å². The largest absolute Gasteiger partial charge is 0.399 e. The van der Waals surface area contributed by atoms with Crippen molar-refractivity contribution in [3.63, 3.8) is 0 Å². The Balaban J connectivity index is 2.17. The molecule has 6 nitrogen and oxygen atoms in total. The number of nitrogens with zero attached hydrogens (tertiary/aromatic N) is 1. The molecule has 2 aromatic rings. The Kier molecular flexibility index (Phi) is 6.28. The number of nitrogen functional groups attached to an aromatic ring is 2. The fourth-order valence-electron chi connectivity index (χ4n) is 2.70. The number of hydrogen-bond acceptors (Lipinski definition) is 6. The van der Waals surface area contributed by atoms with Crippen molar-refractivity contribution in [1.82, 2.24) is 0 Å². The van der Waals surface area contributed by atoms with E-state index in [1.807, 2.05) is 48.2 Å². The minimum absolute atomic E-state index is 0.00659. The maximum atomic E-state index is 9.18. The highest BCUT2D eigenvalue weighted by Crippen LogP contribution is 2.27. The lowest BCUT2D eigenvalue weighted by atomic mass is 10.0. The summed E-state index contributed by atoms with van der Waals surface area (Å²) >= 11 is 0. The minimum Gasteiger partial charge on any atom is -0.399 e. The molecule has 0 heterocycles. The summed E-state index contributed by atoms with van der Waals surface area (Å²) in [7, 11) is 0. The lowest BCUT2D eigenvalue weighted by Gasteiger charge is -2.24. The first-order valence-electron chi connectivity index (χ1n) is 8.03. The van der Waals surface area contributed by atoms with Gasteiger partial charge in [-0.3, -0.25) is 0 Å². The van der Waals surface area contributed by atoms with Crippen LogP contribution in [0.3, 0.4) is 0 Å². The SMILES string of the molecule is CC(Nc1cccc(N(CCO)CCO)c1)c1cc(N)ccc1N. The molecule has 1 unspecified atom stereocenters. The van der Waals surface area contributed by atoms with Crippen molar-refractivity contribution in [2.75, 3.05) is 48.0 Å². The third-order valence-electron chi connectivity index (χ3n) is 3.91. The average molecular weight is 330 g/mol. The van der Waals surface area contributed by atoms with Gasteiger partial charge in [-0.15, -0.1) is 0 Å². The molecular formula is C18H26N4O2. The van der Waals surface area contributed by atoms with Gasteiger partial charge in [0.1, 0.15) is 0 Å². The summed E-state index contributed by atoms with van der Waals surface area (Å²) in [5, 5.41) is 21.8. The molecule has 6 heteroatoms. The maximum absolute atomic E-state index is 9.18. The van der Waals surface area contributed by atoms with Crippen LogP contribution in [0.5, 0.6) is 0 Å². The van der Waals surface area contributed by atoms with E-state index in [4.69, 9.17) is 11.5 Å². The predicted octanol–water partition coefficient (Wildman–Crippen LogP) is 1.82. The van der Waals surface area contributed by atoms with Crippen molar-refractivity contribution in [2.45, 2.75) is 13.0 Å². The summed E-state index contributed by atoms with van der Waals surface area (Å²) in [6.45, 7) is 3.04. The second kappa shape index (κ2) is 8.42. The van der Waals surface area contributed by atoms with Gasteiger partial charge in [-0.2, -0.15) is 0 Å². The Morgan fingerprint density at radius 3 is 2.42 bits per heavy atom. The number of nitrogens with two attached hydrogens (primary N) is 2. The summed E-state index contributed by atoms with van der Waals surface area (Å²) in [6.07, 6.45) is 0. The van der Waals surface area contributed by atoms with Crippen LogP contribution in [0.25, 0.3) is 0 Å². The van der Waals surface area contributed by atoms with Gasteiger partial charge in [0, 0.05) is 35.8 Å². The molecule has 0 aliphatic carbocycles. The Morgan fingerprint density at radius 1 is 1.04 bits per heavy atom. The molecule has 0 fully saturated rings. The van der Waals surface area contributed by atoms with Gasteiger partial charge in [0.05, 0.1) is 19.3 Å². The van der Waals surface area contributed by atoms with Crippen molar-refractivity contribution in [3.05, 3.63) is 48.0 Å². The molecule has 0 radical (unpaired) electrons. The summed E-state index contributed by atoms with van der Waals surface area (Å²) in [4.78, 5) is 1.94. The van der Waals surface area contributed by atoms with Crippen LogP contribution in [0.2, 0.25) is 0 Å². The second-order valence-corrected chi connectivity index (χ2v) is 5.74. The average Bonchev–Trinajstić information content (AvgIpc) is 2.57. The van der Waals surface area contributed by atoms with Crippen molar-refractivity contribution in [3.8, 4) is 0 Å². The third-order valence-corrected chi connectivity index (χ3v) is 3.91. The first kappa shape index (κ1) is 17.9. The monoisotopic (exact) mass is 330 g/mol. The van der Waals surface area contributed by atoms with E-state index in [9.17, 15) is 10.2 Å². The summed E-state index contributed by atoms with van der Waals surface area (Å²) < 4.78 is 0. The molecule has 0 aliphatic rings. The van der Waals surface area contributed by atoms with Gasteiger partial charge in [0.15, 0.2) is 0 Å². The predicted molar refractivity (Wildman–Crippen MR) is 100 cm³/mol. The molecule has 0 aromatic heterocycles. The molecule has 7 N–H and O–H groups in total. The Labute approximate surface area is 142 Å². The van der Waals surface area contributed by atoms with E-state index in [1.165, 1.54) is 0 Å². The summed E-state index contributed by atoms with van der Waals surface area (Å²) in [5.41, 5.74) is 16.1. The van der Waals surface area contributed by atoms with Gasteiger partial charge >= 0.3 is 0 Å². The summed E-state index contributed by atoms with van der Waals surface area (Å²) in [6, 6.07) is 13.3. The van der Waals surface area contributed by atoms with Crippen molar-refractivity contribution in [2.24, 2.45) is 0 Å². The fourth-order valence-corrected chi connectivity index (χ4v) is 2.70. The quantitative estimate of drug-likeness (QED) is 0.473. The zero-order valence-electron chi connectivity index (χ0n) is 13.9. The standard InChI is InChI=1S/C18H26N4O2/c1-13(17-11-14(19)5-6-18(17)20)21-15-3-2-4-16(12-15)22(7-9-23)8-10-24/h2-6,11-13,21,23-24H,7-10,19-20H2,1H3. The van der Waals surface area contributed by atoms with E-state index in [-0.39, 0.29) is 19.3 Å². The summed E-state index contributed by atoms with van der Waals surface area (Å²) in [5.74, 6) is 0. The molecule has 0 saturated carbocycles. The number of benzene rings is 2. The molecule has 130 valence electrons. The van der Waals surface area contributed by atoms with E-state index >= 15 is 0 Å². The molecule has 0 aliphatic heterocycles. The lowest BCUT2D eigenvalue weighted by Crippen LogP contribution is -2.29. The van der Waals surface area contributed by atoms with Crippen LogP contribution < -0.4 is 21.7 Å². The number of aliphatic hydroxyl groups excluding tert-OH is 2. The van der Waals surface area contributed by atoms with Gasteiger partial charge in [0.25, 0.3) is 0 Å². The Bertz CT molecular complexity index is 657. The van der Waals surface area contributed by atoms with Crippen LogP contribution >= 0.6 is 0 Å². The van der Waals surface area contributed by atoms with E-state index in [2.05, 4.69) is 5.32 Å². The fraction of sp³-hybridized carbons (Fsp3) is 0.333. The van der Waals surface area contributed by atoms with Gasteiger partial charge in [-0.1, -0.05) is 6.07 Å². The molecular weight excluding hydrogens is 304 g/mol. The van der Waals surface area contributed by atoms with Gasteiger partial charge < -0.3 is 31.9 Å². The zero-order chi connectivity index (χ0) is 17.5. The van der Waals surface area contributed by atoms with Gasteiger partial charge in [-0.25, -0.2) is 0 Å². The highest BCUT2D eigenvalue weighted by atomic mass is 16.3. The number of rotatable bonds is 8. The van der Waals surface area contributed by atoms with Crippen LogP contribution in [-0.2, 0) is 0 Å². The van der Waals surface area contributed by atoms with Crippen LogP contribution in [0.4, 0.5) is 22.7 Å². The molecule has 2 aromatic carbocycles. The number of anilines is 4. The smallest absolute Gasteiger partial charge is 0.0606 e. The topological polar surface area (TPSA) is 108 Å². The molecule has 1 atom stereocenters. The van der Waals surface area contributed by atoms with Crippen LogP contribution in [-0.4, -0.2) is 36.5 Å². The Hall–Kier alpha value is -2.44. The third kappa shape index (κ3) is 4.53. The van der Waals surface area contributed by atoms with E-state index < -0.39 is 0 Å². The van der Waals surface area contributed by atoms with Crippen molar-refractivity contribution >= 4 is 22.7 Å². The van der Waals surface area contributed by atoms with E-state index in [1.54, 1.807) is 6.07 Å². The van der Waals surface area contributed by atoms with E-state index in [0.717, 1.165) is 16.9 Å². The first-order valence-corrected chi connectivity index (χ1v) is 8.03. The normalized spacial score (nSPS) is 12.0. The molecule has 0 spiro atoms. The second-order valence-electron chi connectivity index (χ2n) is 5.74. The molecule has 0 saturated heterocycles. The number of hydrogen-bond donors (Lipinski definition) is 5. The lowest BCUT2D eigenvalue weighted by molar-refractivity contribution is 0.281. The van der Waals surface area contributed by atoms with Crippen molar-refractivity contribution < 1.29 is 10.2 Å². The number of aliphatic hydroxyl groups is 2. The van der Waals surface area contributed by atoms with Gasteiger partial charge in [-0.05, 0) is 48.9 Å². The van der Waals surface area contributed by atoms with Crippen LogP contribution in [0, 0.1) is 0 Å². The molecule has 0 bridgehead atoms. The zero-order valence-corrected chi connectivity index (χ0v) is 13.9. The Morgan fingerprint density at radius 2 is 1.75 bits per heavy atom. The molecule has 2 rings (SSSR count). The van der Waals surface area contributed by atoms with Gasteiger partial charge in [0.2, 0.25) is 0 Å². The van der Waals surface area contributed by atoms with Crippen LogP contribution in [0.15, 0.2) is 42.5 Å². The molecule has 24 heavy (non-hydrogen) atoms. The number of nitrogens with one attached hydrogen (secondary N) is 1. The highest BCUT2D eigenvalue weighted by molar-refractivity contribution is 5.61. The first-order chi connectivity index (χ1) is 11.5. The maximum Gasteiger partial charge on any atom is 0.0606 e. The highest BCUT2D eigenvalue weighted by Gasteiger charge is 2.11. The minimum atomic E-state index is -0.00659. The molecule has 0 amide bonds.